The van der Waals surface area contributed by atoms with Crippen LogP contribution in [0.25, 0.3) is 0 Å². The summed E-state index contributed by atoms with van der Waals surface area (Å²) in [5.74, 6) is 0. The first-order chi connectivity index (χ1) is 8.84. The van der Waals surface area contributed by atoms with Crippen LogP contribution in [0.5, 0.6) is 0 Å². The number of rotatable bonds is 0. The minimum atomic E-state index is 0.0237. The van der Waals surface area contributed by atoms with Crippen LogP contribution >= 0.6 is 11.3 Å². The van der Waals surface area contributed by atoms with Crippen LogP contribution in [-0.2, 0) is 6.42 Å². The third-order valence-corrected chi connectivity index (χ3v) is 4.72. The van der Waals surface area contributed by atoms with E-state index >= 15 is 0 Å². The van der Waals surface area contributed by atoms with Gasteiger partial charge in [-0.05, 0) is 29.5 Å². The maximum Gasteiger partial charge on any atom is 0.322 e. The van der Waals surface area contributed by atoms with Crippen molar-refractivity contribution >= 4 is 23.1 Å². The molecule has 2 aromatic rings. The third kappa shape index (κ3) is 1.26. The van der Waals surface area contributed by atoms with Crippen molar-refractivity contribution in [3.63, 3.8) is 0 Å². The highest BCUT2D eigenvalue weighted by Gasteiger charge is 2.37. The average Bonchev–Trinajstić information content (AvgIpc) is 2.86. The number of urea groups is 1. The molecule has 1 atom stereocenters. The Labute approximate surface area is 109 Å². The zero-order valence-corrected chi connectivity index (χ0v) is 10.5. The molecule has 2 amide bonds. The summed E-state index contributed by atoms with van der Waals surface area (Å²) in [7, 11) is 0. The Morgan fingerprint density at radius 3 is 3.06 bits per heavy atom. The van der Waals surface area contributed by atoms with Gasteiger partial charge in [0, 0.05) is 22.7 Å². The van der Waals surface area contributed by atoms with E-state index in [0.717, 1.165) is 18.7 Å². The molecule has 0 bridgehead atoms. The molecule has 90 valence electrons. The van der Waals surface area contributed by atoms with Crippen LogP contribution in [0.1, 0.15) is 22.0 Å². The molecule has 4 heteroatoms. The summed E-state index contributed by atoms with van der Waals surface area (Å²) >= 11 is 1.80. The minimum Gasteiger partial charge on any atom is -0.313 e. The molecule has 0 fully saturated rings. The number of carbonyl (C=O) groups is 1. The quantitative estimate of drug-likeness (QED) is 0.771. The smallest absolute Gasteiger partial charge is 0.313 e. The number of para-hydroxylation sites is 1. The van der Waals surface area contributed by atoms with Crippen LogP contribution in [0.2, 0.25) is 0 Å². The van der Waals surface area contributed by atoms with E-state index in [1.54, 1.807) is 11.3 Å². The number of carbonyl (C=O) groups excluding carboxylic acids is 1. The highest BCUT2D eigenvalue weighted by Crippen LogP contribution is 2.42. The lowest BCUT2D eigenvalue weighted by atomic mass is 9.91. The molecule has 2 aliphatic heterocycles. The zero-order valence-electron chi connectivity index (χ0n) is 9.72. The fourth-order valence-electron chi connectivity index (χ4n) is 2.91. The van der Waals surface area contributed by atoms with Gasteiger partial charge in [-0.1, -0.05) is 18.2 Å². The lowest BCUT2D eigenvalue weighted by Crippen LogP contribution is -2.45. The lowest BCUT2D eigenvalue weighted by Gasteiger charge is -2.40. The predicted molar refractivity (Wildman–Crippen MR) is 72.0 cm³/mol. The first-order valence-corrected chi connectivity index (χ1v) is 6.95. The van der Waals surface area contributed by atoms with Crippen LogP contribution in [0.15, 0.2) is 35.7 Å². The molecule has 1 unspecified atom stereocenters. The van der Waals surface area contributed by atoms with E-state index in [2.05, 4.69) is 22.8 Å². The predicted octanol–water partition coefficient (Wildman–Crippen LogP) is 3.24. The Balaban J connectivity index is 1.95. The van der Waals surface area contributed by atoms with Crippen molar-refractivity contribution < 1.29 is 4.79 Å². The SMILES string of the molecule is O=C1Nc2ccccc2C2c3ccsc3CCN12. The van der Waals surface area contributed by atoms with Crippen molar-refractivity contribution in [3.8, 4) is 0 Å². The number of thiophene rings is 1. The van der Waals surface area contributed by atoms with Crippen molar-refractivity contribution in [1.82, 2.24) is 4.90 Å². The van der Waals surface area contributed by atoms with Gasteiger partial charge in [0.15, 0.2) is 0 Å². The molecule has 1 aromatic heterocycles. The van der Waals surface area contributed by atoms with Gasteiger partial charge in [0.1, 0.15) is 0 Å². The van der Waals surface area contributed by atoms with Gasteiger partial charge in [0.05, 0.1) is 6.04 Å². The van der Waals surface area contributed by atoms with Crippen molar-refractivity contribution in [1.29, 1.82) is 0 Å². The average molecular weight is 256 g/mol. The molecular formula is C14H12N2OS. The normalized spacial score (nSPS) is 20.8. The second-order valence-electron chi connectivity index (χ2n) is 4.66. The van der Waals surface area contributed by atoms with Crippen LogP contribution in [0.4, 0.5) is 10.5 Å². The summed E-state index contributed by atoms with van der Waals surface area (Å²) in [4.78, 5) is 15.5. The summed E-state index contributed by atoms with van der Waals surface area (Å²) in [6.07, 6.45) is 0.971. The van der Waals surface area contributed by atoms with Gasteiger partial charge in [-0.25, -0.2) is 4.79 Å². The van der Waals surface area contributed by atoms with Gasteiger partial charge in [-0.3, -0.25) is 0 Å². The van der Waals surface area contributed by atoms with E-state index < -0.39 is 0 Å². The Kier molecular flexibility index (Phi) is 2.02. The Bertz CT molecular complexity index is 634. The molecule has 0 spiro atoms. The minimum absolute atomic E-state index is 0.0237. The number of hydrogen-bond donors (Lipinski definition) is 1. The monoisotopic (exact) mass is 256 g/mol. The van der Waals surface area contributed by atoms with Crippen LogP contribution in [-0.4, -0.2) is 17.5 Å². The molecule has 1 N–H and O–H groups in total. The summed E-state index contributed by atoms with van der Waals surface area (Å²) in [6.45, 7) is 0.804. The molecular weight excluding hydrogens is 244 g/mol. The molecule has 3 nitrogen and oxygen atoms in total. The highest BCUT2D eigenvalue weighted by molar-refractivity contribution is 7.10. The third-order valence-electron chi connectivity index (χ3n) is 3.72. The van der Waals surface area contributed by atoms with Crippen molar-refractivity contribution in [2.75, 3.05) is 11.9 Å². The first-order valence-electron chi connectivity index (χ1n) is 6.07. The van der Waals surface area contributed by atoms with Crippen molar-refractivity contribution in [3.05, 3.63) is 51.7 Å². The molecule has 3 heterocycles. The second-order valence-corrected chi connectivity index (χ2v) is 5.66. The number of benzene rings is 1. The zero-order chi connectivity index (χ0) is 12.1. The second kappa shape index (κ2) is 3.59. The largest absolute Gasteiger partial charge is 0.322 e. The van der Waals surface area contributed by atoms with E-state index in [4.69, 9.17) is 0 Å². The molecule has 18 heavy (non-hydrogen) atoms. The van der Waals surface area contributed by atoms with Gasteiger partial charge in [0.25, 0.3) is 0 Å². The van der Waals surface area contributed by atoms with Crippen LogP contribution in [0.3, 0.4) is 0 Å². The van der Waals surface area contributed by atoms with E-state index in [-0.39, 0.29) is 12.1 Å². The van der Waals surface area contributed by atoms with Crippen molar-refractivity contribution in [2.24, 2.45) is 0 Å². The van der Waals surface area contributed by atoms with Gasteiger partial charge < -0.3 is 10.2 Å². The number of amides is 2. The van der Waals surface area contributed by atoms with Crippen LogP contribution in [0, 0.1) is 0 Å². The number of nitrogens with zero attached hydrogens (tertiary/aromatic N) is 1. The molecule has 4 rings (SSSR count). The molecule has 0 saturated carbocycles. The summed E-state index contributed by atoms with van der Waals surface area (Å²) in [5, 5.41) is 5.10. The Morgan fingerprint density at radius 1 is 1.22 bits per heavy atom. The Morgan fingerprint density at radius 2 is 2.11 bits per heavy atom. The van der Waals surface area contributed by atoms with Gasteiger partial charge in [-0.15, -0.1) is 11.3 Å². The van der Waals surface area contributed by atoms with Gasteiger partial charge in [-0.2, -0.15) is 0 Å². The fourth-order valence-corrected chi connectivity index (χ4v) is 3.81. The number of anilines is 1. The fraction of sp³-hybridized carbons (Fsp3) is 0.214. The standard InChI is InChI=1S/C14H12N2OS/c17-14-15-11-4-2-1-3-9(11)13-10-6-8-18-12(10)5-7-16(13)14/h1-4,6,8,13H,5,7H2,(H,15,17). The van der Waals surface area contributed by atoms with E-state index in [1.807, 2.05) is 23.1 Å². The van der Waals surface area contributed by atoms with Crippen LogP contribution < -0.4 is 5.32 Å². The van der Waals surface area contributed by atoms with E-state index in [1.165, 1.54) is 16.0 Å². The lowest BCUT2D eigenvalue weighted by molar-refractivity contribution is 0.191. The molecule has 0 aliphatic carbocycles. The first kappa shape index (κ1) is 10.1. The number of nitrogens with one attached hydrogen (secondary N) is 1. The number of fused-ring (bicyclic) bond motifs is 5. The van der Waals surface area contributed by atoms with Crippen molar-refractivity contribution in [2.45, 2.75) is 12.5 Å². The van der Waals surface area contributed by atoms with E-state index in [9.17, 15) is 4.79 Å². The molecule has 0 saturated heterocycles. The summed E-state index contributed by atoms with van der Waals surface area (Å²) in [5.41, 5.74) is 3.45. The maximum atomic E-state index is 12.1. The number of hydrogen-bond acceptors (Lipinski definition) is 2. The molecule has 0 radical (unpaired) electrons. The topological polar surface area (TPSA) is 32.3 Å². The van der Waals surface area contributed by atoms with Gasteiger partial charge >= 0.3 is 6.03 Å². The van der Waals surface area contributed by atoms with Gasteiger partial charge in [0.2, 0.25) is 0 Å². The Hall–Kier alpha value is -1.81. The summed E-state index contributed by atoms with van der Waals surface area (Å²) < 4.78 is 0. The molecule has 1 aromatic carbocycles. The molecule has 2 aliphatic rings. The summed E-state index contributed by atoms with van der Waals surface area (Å²) in [6, 6.07) is 10.4. The highest BCUT2D eigenvalue weighted by atomic mass is 32.1. The van der Waals surface area contributed by atoms with E-state index in [0.29, 0.717) is 0 Å². The maximum absolute atomic E-state index is 12.1.